The molecule has 0 rings (SSSR count). The predicted molar refractivity (Wildman–Crippen MR) is 48.2 cm³/mol. The van der Waals surface area contributed by atoms with E-state index < -0.39 is 0 Å². The maximum atomic E-state index is 5.44. The number of rotatable bonds is 3. The summed E-state index contributed by atoms with van der Waals surface area (Å²) in [6, 6.07) is 0. The van der Waals surface area contributed by atoms with Crippen LogP contribution in [0.25, 0.3) is 0 Å². The SMILES string of the molecule is C\C=C/C=C\C(=C\N)N(C)N. The Morgan fingerprint density at radius 3 is 2.36 bits per heavy atom. The van der Waals surface area contributed by atoms with Gasteiger partial charge in [0.15, 0.2) is 0 Å². The first kappa shape index (κ1) is 9.78. The normalized spacial score (nSPS) is 13.2. The summed E-state index contributed by atoms with van der Waals surface area (Å²) >= 11 is 0. The number of nitrogens with two attached hydrogens (primary N) is 2. The van der Waals surface area contributed by atoms with Crippen LogP contribution in [0.2, 0.25) is 0 Å². The second-order valence-electron chi connectivity index (χ2n) is 2.09. The van der Waals surface area contributed by atoms with Crippen molar-refractivity contribution in [1.82, 2.24) is 5.01 Å². The van der Waals surface area contributed by atoms with E-state index in [2.05, 4.69) is 0 Å². The van der Waals surface area contributed by atoms with Gasteiger partial charge in [0.05, 0.1) is 5.70 Å². The van der Waals surface area contributed by atoms with Crippen LogP contribution in [-0.2, 0) is 0 Å². The largest absolute Gasteiger partial charge is 0.403 e. The lowest BCUT2D eigenvalue weighted by Gasteiger charge is -2.11. The van der Waals surface area contributed by atoms with Gasteiger partial charge >= 0.3 is 0 Å². The Morgan fingerprint density at radius 1 is 1.36 bits per heavy atom. The van der Waals surface area contributed by atoms with Crippen molar-refractivity contribution in [3.8, 4) is 0 Å². The van der Waals surface area contributed by atoms with Crippen LogP contribution in [0.3, 0.4) is 0 Å². The zero-order chi connectivity index (χ0) is 8.69. The third kappa shape index (κ3) is 4.22. The highest BCUT2D eigenvalue weighted by molar-refractivity contribution is 5.19. The number of likely N-dealkylation sites (N-methyl/N-ethyl adjacent to an activating group) is 1. The van der Waals surface area contributed by atoms with Crippen molar-refractivity contribution in [2.75, 3.05) is 7.05 Å². The zero-order valence-electron chi connectivity index (χ0n) is 6.99. The Bertz CT molecular complexity index is 178. The number of nitrogens with zero attached hydrogens (tertiary/aromatic N) is 1. The van der Waals surface area contributed by atoms with Crippen LogP contribution in [-0.4, -0.2) is 12.1 Å². The van der Waals surface area contributed by atoms with E-state index in [1.165, 1.54) is 11.2 Å². The zero-order valence-corrected chi connectivity index (χ0v) is 6.99. The second-order valence-corrected chi connectivity index (χ2v) is 2.09. The Labute approximate surface area is 67.6 Å². The summed E-state index contributed by atoms with van der Waals surface area (Å²) in [5, 5.41) is 1.46. The van der Waals surface area contributed by atoms with E-state index in [1.54, 1.807) is 7.05 Å². The fourth-order valence-electron chi connectivity index (χ4n) is 0.556. The van der Waals surface area contributed by atoms with Gasteiger partial charge in [0.25, 0.3) is 0 Å². The molecule has 0 amide bonds. The van der Waals surface area contributed by atoms with Gasteiger partial charge in [-0.1, -0.05) is 18.2 Å². The topological polar surface area (TPSA) is 55.3 Å². The molecule has 3 heteroatoms. The highest BCUT2D eigenvalue weighted by atomic mass is 15.4. The highest BCUT2D eigenvalue weighted by Gasteiger charge is 1.90. The monoisotopic (exact) mass is 153 g/mol. The molecule has 0 fully saturated rings. The summed E-state index contributed by atoms with van der Waals surface area (Å²) in [4.78, 5) is 0. The van der Waals surface area contributed by atoms with Crippen molar-refractivity contribution < 1.29 is 0 Å². The smallest absolute Gasteiger partial charge is 0.0668 e. The van der Waals surface area contributed by atoms with Gasteiger partial charge in [-0.05, 0) is 13.0 Å². The van der Waals surface area contributed by atoms with Crippen LogP contribution < -0.4 is 11.6 Å². The molecular formula is C8H15N3. The van der Waals surface area contributed by atoms with E-state index >= 15 is 0 Å². The Hall–Kier alpha value is -1.22. The molecule has 11 heavy (non-hydrogen) atoms. The van der Waals surface area contributed by atoms with Crippen molar-refractivity contribution in [1.29, 1.82) is 0 Å². The van der Waals surface area contributed by atoms with E-state index in [0.717, 1.165) is 5.70 Å². The van der Waals surface area contributed by atoms with Crippen molar-refractivity contribution >= 4 is 0 Å². The minimum absolute atomic E-state index is 0.781. The van der Waals surface area contributed by atoms with E-state index in [1.807, 2.05) is 31.2 Å². The minimum atomic E-state index is 0.781. The van der Waals surface area contributed by atoms with Gasteiger partial charge in [-0.15, -0.1) is 0 Å². The summed E-state index contributed by atoms with van der Waals surface area (Å²) in [7, 11) is 1.73. The lowest BCUT2D eigenvalue weighted by atomic mass is 10.3. The van der Waals surface area contributed by atoms with E-state index in [4.69, 9.17) is 11.6 Å². The Kier molecular flexibility index (Phi) is 4.94. The van der Waals surface area contributed by atoms with Crippen LogP contribution in [0.4, 0.5) is 0 Å². The molecule has 0 radical (unpaired) electrons. The highest BCUT2D eigenvalue weighted by Crippen LogP contribution is 1.95. The third-order valence-corrected chi connectivity index (χ3v) is 1.15. The van der Waals surface area contributed by atoms with Gasteiger partial charge in [-0.3, -0.25) is 0 Å². The molecular weight excluding hydrogens is 138 g/mol. The summed E-state index contributed by atoms with van der Waals surface area (Å²) in [5.41, 5.74) is 6.08. The van der Waals surface area contributed by atoms with Gasteiger partial charge in [0.1, 0.15) is 0 Å². The van der Waals surface area contributed by atoms with Crippen molar-refractivity contribution in [3.63, 3.8) is 0 Å². The lowest BCUT2D eigenvalue weighted by molar-refractivity contribution is 0.454. The predicted octanol–water partition coefficient (Wildman–Crippen LogP) is 0.724. The maximum Gasteiger partial charge on any atom is 0.0668 e. The molecule has 62 valence electrons. The van der Waals surface area contributed by atoms with Crippen LogP contribution in [0, 0.1) is 0 Å². The molecule has 0 aromatic rings. The van der Waals surface area contributed by atoms with Crippen molar-refractivity contribution in [2.45, 2.75) is 6.92 Å². The molecule has 0 bridgehead atoms. The first-order valence-electron chi connectivity index (χ1n) is 3.42. The Morgan fingerprint density at radius 2 is 2.00 bits per heavy atom. The second kappa shape index (κ2) is 5.56. The van der Waals surface area contributed by atoms with Crippen LogP contribution in [0.5, 0.6) is 0 Å². The van der Waals surface area contributed by atoms with Gasteiger partial charge in [0, 0.05) is 13.2 Å². The molecule has 0 atom stereocenters. The standard InChI is InChI=1S/C8H15N3/c1-3-4-5-6-8(7-9)11(2)10/h3-7H,9-10H2,1-2H3/b4-3-,6-5-,8-7-. The lowest BCUT2D eigenvalue weighted by Crippen LogP contribution is -2.24. The number of allylic oxidation sites excluding steroid dienone is 4. The number of hydrazine groups is 1. The van der Waals surface area contributed by atoms with Gasteiger partial charge < -0.3 is 10.7 Å². The van der Waals surface area contributed by atoms with Crippen molar-refractivity contribution in [2.24, 2.45) is 11.6 Å². The molecule has 0 saturated carbocycles. The third-order valence-electron chi connectivity index (χ3n) is 1.15. The molecule has 0 aliphatic carbocycles. The molecule has 3 nitrogen and oxygen atoms in total. The minimum Gasteiger partial charge on any atom is -0.403 e. The summed E-state index contributed by atoms with van der Waals surface area (Å²) in [5.74, 6) is 5.44. The summed E-state index contributed by atoms with van der Waals surface area (Å²) < 4.78 is 0. The number of hydrogen-bond acceptors (Lipinski definition) is 3. The van der Waals surface area contributed by atoms with E-state index in [9.17, 15) is 0 Å². The molecule has 4 N–H and O–H groups in total. The van der Waals surface area contributed by atoms with Gasteiger partial charge in [-0.25, -0.2) is 5.84 Å². The van der Waals surface area contributed by atoms with E-state index in [-0.39, 0.29) is 0 Å². The van der Waals surface area contributed by atoms with Gasteiger partial charge in [0.2, 0.25) is 0 Å². The molecule has 0 aromatic carbocycles. The average Bonchev–Trinajstić information content (AvgIpc) is 1.97. The molecule has 0 aliphatic rings. The summed E-state index contributed by atoms with van der Waals surface area (Å²) in [6.07, 6.45) is 9.01. The maximum absolute atomic E-state index is 5.44. The molecule has 0 aliphatic heterocycles. The fourth-order valence-corrected chi connectivity index (χ4v) is 0.556. The fraction of sp³-hybridized carbons (Fsp3) is 0.250. The molecule has 0 heterocycles. The number of hydrogen-bond donors (Lipinski definition) is 2. The quantitative estimate of drug-likeness (QED) is 0.357. The van der Waals surface area contributed by atoms with Crippen LogP contribution >= 0.6 is 0 Å². The van der Waals surface area contributed by atoms with Gasteiger partial charge in [-0.2, -0.15) is 0 Å². The molecule has 0 aromatic heterocycles. The van der Waals surface area contributed by atoms with Crippen LogP contribution in [0.1, 0.15) is 6.92 Å². The molecule has 0 saturated heterocycles. The van der Waals surface area contributed by atoms with Crippen LogP contribution in [0.15, 0.2) is 36.2 Å². The average molecular weight is 153 g/mol. The van der Waals surface area contributed by atoms with Crippen molar-refractivity contribution in [3.05, 3.63) is 36.2 Å². The Balaban J connectivity index is 4.10. The summed E-state index contributed by atoms with van der Waals surface area (Å²) in [6.45, 7) is 1.95. The first-order valence-corrected chi connectivity index (χ1v) is 3.42. The first-order chi connectivity index (χ1) is 5.22. The molecule has 0 unspecified atom stereocenters. The molecule has 0 spiro atoms. The van der Waals surface area contributed by atoms with E-state index in [0.29, 0.717) is 0 Å².